The van der Waals surface area contributed by atoms with Gasteiger partial charge in [-0.3, -0.25) is 4.79 Å². The van der Waals surface area contributed by atoms with Crippen molar-refractivity contribution in [3.63, 3.8) is 0 Å². The van der Waals surface area contributed by atoms with Gasteiger partial charge < -0.3 is 14.7 Å². The first-order valence-corrected chi connectivity index (χ1v) is 6.06. The van der Waals surface area contributed by atoms with Gasteiger partial charge in [0.25, 0.3) is 0 Å². The topological polar surface area (TPSA) is 49.8 Å². The van der Waals surface area contributed by atoms with Gasteiger partial charge in [0.1, 0.15) is 5.75 Å². The van der Waals surface area contributed by atoms with Crippen molar-refractivity contribution in [1.82, 2.24) is 4.90 Å². The Morgan fingerprint density at radius 1 is 1.44 bits per heavy atom. The van der Waals surface area contributed by atoms with E-state index in [9.17, 15) is 9.90 Å². The molecule has 1 amide bonds. The van der Waals surface area contributed by atoms with E-state index < -0.39 is 6.10 Å². The standard InChI is InChI=1S/C14H21NO3/c1-15(2)14(17)9-5-8-13(16)11-6-4-7-12(10-11)18-3/h4,6-7,10,13,16H,5,8-9H2,1-3H3. The van der Waals surface area contributed by atoms with Crippen molar-refractivity contribution in [1.29, 1.82) is 0 Å². The van der Waals surface area contributed by atoms with Crippen molar-refractivity contribution in [3.8, 4) is 5.75 Å². The molecule has 0 aliphatic rings. The van der Waals surface area contributed by atoms with Crippen LogP contribution in [0, 0.1) is 0 Å². The molecule has 0 aliphatic carbocycles. The molecule has 0 saturated heterocycles. The molecule has 1 aromatic rings. The molecule has 0 bridgehead atoms. The van der Waals surface area contributed by atoms with Gasteiger partial charge >= 0.3 is 0 Å². The summed E-state index contributed by atoms with van der Waals surface area (Å²) in [5.74, 6) is 0.823. The minimum atomic E-state index is -0.546. The molecular weight excluding hydrogens is 230 g/mol. The van der Waals surface area contributed by atoms with E-state index in [1.54, 1.807) is 26.1 Å². The van der Waals surface area contributed by atoms with E-state index in [0.717, 1.165) is 11.3 Å². The van der Waals surface area contributed by atoms with Crippen molar-refractivity contribution < 1.29 is 14.6 Å². The Balaban J connectivity index is 2.45. The summed E-state index contributed by atoms with van der Waals surface area (Å²) in [5.41, 5.74) is 0.826. The normalized spacial score (nSPS) is 12.0. The fourth-order valence-electron chi connectivity index (χ4n) is 1.69. The molecule has 0 fully saturated rings. The number of carbonyl (C=O) groups excluding carboxylic acids is 1. The number of ether oxygens (including phenoxy) is 1. The predicted octanol–water partition coefficient (Wildman–Crippen LogP) is 1.99. The molecule has 100 valence electrons. The van der Waals surface area contributed by atoms with Crippen LogP contribution in [0.25, 0.3) is 0 Å². The van der Waals surface area contributed by atoms with Gasteiger partial charge in [-0.1, -0.05) is 12.1 Å². The fourth-order valence-corrected chi connectivity index (χ4v) is 1.69. The van der Waals surface area contributed by atoms with Gasteiger partial charge in [-0.2, -0.15) is 0 Å². The number of amides is 1. The lowest BCUT2D eigenvalue weighted by Crippen LogP contribution is -2.21. The van der Waals surface area contributed by atoms with Crippen molar-refractivity contribution in [2.24, 2.45) is 0 Å². The summed E-state index contributed by atoms with van der Waals surface area (Å²) in [5, 5.41) is 10.0. The largest absolute Gasteiger partial charge is 0.497 e. The number of rotatable bonds is 6. The van der Waals surface area contributed by atoms with E-state index in [-0.39, 0.29) is 5.91 Å². The van der Waals surface area contributed by atoms with Gasteiger partial charge in [-0.25, -0.2) is 0 Å². The van der Waals surface area contributed by atoms with Gasteiger partial charge in [0, 0.05) is 20.5 Å². The second-order valence-electron chi connectivity index (χ2n) is 4.47. The molecule has 0 saturated carbocycles. The molecule has 0 heterocycles. The van der Waals surface area contributed by atoms with Crippen LogP contribution in [0.3, 0.4) is 0 Å². The van der Waals surface area contributed by atoms with Crippen LogP contribution in [0.4, 0.5) is 0 Å². The molecule has 18 heavy (non-hydrogen) atoms. The lowest BCUT2D eigenvalue weighted by Gasteiger charge is -2.13. The zero-order valence-corrected chi connectivity index (χ0v) is 11.2. The van der Waals surface area contributed by atoms with Crippen molar-refractivity contribution in [2.75, 3.05) is 21.2 Å². The lowest BCUT2D eigenvalue weighted by molar-refractivity contribution is -0.128. The smallest absolute Gasteiger partial charge is 0.222 e. The molecule has 1 aromatic carbocycles. The first-order valence-electron chi connectivity index (χ1n) is 6.06. The van der Waals surface area contributed by atoms with Crippen LogP contribution in [0.1, 0.15) is 30.9 Å². The summed E-state index contributed by atoms with van der Waals surface area (Å²) in [4.78, 5) is 13.0. The van der Waals surface area contributed by atoms with E-state index >= 15 is 0 Å². The molecule has 1 unspecified atom stereocenters. The third-order valence-corrected chi connectivity index (χ3v) is 2.85. The highest BCUT2D eigenvalue weighted by atomic mass is 16.5. The Morgan fingerprint density at radius 3 is 2.78 bits per heavy atom. The second-order valence-corrected chi connectivity index (χ2v) is 4.47. The molecule has 0 aliphatic heterocycles. The molecule has 4 heteroatoms. The van der Waals surface area contributed by atoms with Crippen molar-refractivity contribution in [3.05, 3.63) is 29.8 Å². The maximum absolute atomic E-state index is 11.4. The van der Waals surface area contributed by atoms with E-state index in [2.05, 4.69) is 0 Å². The zero-order chi connectivity index (χ0) is 13.5. The minimum absolute atomic E-state index is 0.0906. The van der Waals surface area contributed by atoms with Crippen molar-refractivity contribution >= 4 is 5.91 Å². The molecule has 0 spiro atoms. The number of aliphatic hydroxyl groups is 1. The number of benzene rings is 1. The van der Waals surface area contributed by atoms with E-state index in [1.807, 2.05) is 24.3 Å². The Bertz CT molecular complexity index is 390. The fraction of sp³-hybridized carbons (Fsp3) is 0.500. The third-order valence-electron chi connectivity index (χ3n) is 2.85. The summed E-state index contributed by atoms with van der Waals surface area (Å²) in [6.07, 6.45) is 1.17. The predicted molar refractivity (Wildman–Crippen MR) is 70.5 cm³/mol. The minimum Gasteiger partial charge on any atom is -0.497 e. The lowest BCUT2D eigenvalue weighted by atomic mass is 10.0. The van der Waals surface area contributed by atoms with Crippen LogP contribution in [0.15, 0.2) is 24.3 Å². The molecule has 0 radical (unpaired) electrons. The van der Waals surface area contributed by atoms with Gasteiger partial charge in [-0.05, 0) is 30.5 Å². The highest BCUT2D eigenvalue weighted by Crippen LogP contribution is 2.23. The maximum atomic E-state index is 11.4. The number of hydrogen-bond acceptors (Lipinski definition) is 3. The number of carbonyl (C=O) groups is 1. The van der Waals surface area contributed by atoms with Gasteiger partial charge in [-0.15, -0.1) is 0 Å². The van der Waals surface area contributed by atoms with Crippen LogP contribution in [0.2, 0.25) is 0 Å². The van der Waals surface area contributed by atoms with Crippen LogP contribution in [0.5, 0.6) is 5.75 Å². The summed E-state index contributed by atoms with van der Waals surface area (Å²) >= 11 is 0. The molecule has 1 N–H and O–H groups in total. The van der Waals surface area contributed by atoms with E-state index in [1.165, 1.54) is 0 Å². The average molecular weight is 251 g/mol. The highest BCUT2D eigenvalue weighted by Gasteiger charge is 2.10. The number of hydrogen-bond donors (Lipinski definition) is 1. The van der Waals surface area contributed by atoms with Gasteiger partial charge in [0.2, 0.25) is 5.91 Å². The first-order chi connectivity index (χ1) is 8.54. The SMILES string of the molecule is COc1cccc(C(O)CCCC(=O)N(C)C)c1. The van der Waals surface area contributed by atoms with Crippen LogP contribution < -0.4 is 4.74 Å². The van der Waals surface area contributed by atoms with Crippen LogP contribution in [-0.4, -0.2) is 37.1 Å². The summed E-state index contributed by atoms with van der Waals surface area (Å²) < 4.78 is 5.11. The second kappa shape index (κ2) is 7.01. The average Bonchev–Trinajstić information content (AvgIpc) is 2.38. The summed E-state index contributed by atoms with van der Waals surface area (Å²) in [6.45, 7) is 0. The molecule has 4 nitrogen and oxygen atoms in total. The summed E-state index contributed by atoms with van der Waals surface area (Å²) in [7, 11) is 5.07. The van der Waals surface area contributed by atoms with Gasteiger partial charge in [0.05, 0.1) is 13.2 Å². The van der Waals surface area contributed by atoms with Crippen LogP contribution in [-0.2, 0) is 4.79 Å². The molecule has 1 atom stereocenters. The van der Waals surface area contributed by atoms with Crippen molar-refractivity contribution in [2.45, 2.75) is 25.4 Å². The number of nitrogens with zero attached hydrogens (tertiary/aromatic N) is 1. The monoisotopic (exact) mass is 251 g/mol. The first kappa shape index (κ1) is 14.5. The Morgan fingerprint density at radius 2 is 2.17 bits per heavy atom. The highest BCUT2D eigenvalue weighted by molar-refractivity contribution is 5.75. The van der Waals surface area contributed by atoms with E-state index in [4.69, 9.17) is 4.74 Å². The van der Waals surface area contributed by atoms with Crippen LogP contribution >= 0.6 is 0 Å². The van der Waals surface area contributed by atoms with Gasteiger partial charge in [0.15, 0.2) is 0 Å². The number of methoxy groups -OCH3 is 1. The third kappa shape index (κ3) is 4.37. The quantitative estimate of drug-likeness (QED) is 0.841. The molecule has 1 rings (SSSR count). The summed E-state index contributed by atoms with van der Waals surface area (Å²) in [6, 6.07) is 7.37. The zero-order valence-electron chi connectivity index (χ0n) is 11.2. The Kier molecular flexibility index (Phi) is 5.65. The maximum Gasteiger partial charge on any atom is 0.222 e. The Hall–Kier alpha value is -1.55. The molecule has 0 aromatic heterocycles. The van der Waals surface area contributed by atoms with E-state index in [0.29, 0.717) is 19.3 Å². The Labute approximate surface area is 108 Å². The number of aliphatic hydroxyl groups excluding tert-OH is 1. The molecular formula is C14H21NO3.